The van der Waals surface area contributed by atoms with E-state index in [0.717, 1.165) is 44.6 Å². The van der Waals surface area contributed by atoms with Gasteiger partial charge in [0.1, 0.15) is 11.4 Å². The Hall–Kier alpha value is -3.75. The first-order valence-electron chi connectivity index (χ1n) is 11.5. The van der Waals surface area contributed by atoms with Crippen LogP contribution < -0.4 is 0 Å². The van der Waals surface area contributed by atoms with Crippen LogP contribution in [0.1, 0.15) is 68.6 Å². The van der Waals surface area contributed by atoms with E-state index in [0.29, 0.717) is 23.1 Å². The summed E-state index contributed by atoms with van der Waals surface area (Å²) in [4.78, 5) is 51.9. The highest BCUT2D eigenvalue weighted by Crippen LogP contribution is 2.34. The van der Waals surface area contributed by atoms with Crippen LogP contribution in [0.25, 0.3) is 11.1 Å². The molecular formula is C25H27N3O6. The molecule has 34 heavy (non-hydrogen) atoms. The van der Waals surface area contributed by atoms with Gasteiger partial charge in [0.25, 0.3) is 5.69 Å². The minimum absolute atomic E-state index is 0.0379. The zero-order valence-corrected chi connectivity index (χ0v) is 19.1. The molecule has 0 aliphatic heterocycles. The molecule has 0 spiro atoms. The number of ketones is 1. The van der Waals surface area contributed by atoms with Gasteiger partial charge in [-0.05, 0) is 42.1 Å². The second kappa shape index (κ2) is 11.9. The van der Waals surface area contributed by atoms with Gasteiger partial charge >= 0.3 is 5.97 Å². The Kier molecular flexibility index (Phi) is 8.73. The van der Waals surface area contributed by atoms with E-state index < -0.39 is 10.9 Å². The molecular weight excluding hydrogens is 438 g/mol. The average Bonchev–Trinajstić information content (AvgIpc) is 2.87. The maximum Gasteiger partial charge on any atom is 0.335 e. The Morgan fingerprint density at radius 3 is 2.41 bits per heavy atom. The van der Waals surface area contributed by atoms with Gasteiger partial charge in [-0.15, -0.1) is 4.91 Å². The van der Waals surface area contributed by atoms with Crippen LogP contribution in [0.15, 0.2) is 52.8 Å². The Morgan fingerprint density at radius 1 is 1.09 bits per heavy atom. The number of nitroso groups, excluding NO2 is 1. The van der Waals surface area contributed by atoms with Gasteiger partial charge in [0.05, 0.1) is 10.5 Å². The largest absolute Gasteiger partial charge is 0.335 e. The molecule has 2 aromatic rings. The van der Waals surface area contributed by atoms with Gasteiger partial charge in [-0.3, -0.25) is 14.9 Å². The zero-order chi connectivity index (χ0) is 24.5. The third-order valence-electron chi connectivity index (χ3n) is 5.95. The SMILES string of the molecule is CCCCC(=O)O/N=C(\C(=O)c1ccc(-c2ccc(N=O)cc2[N+](=O)[O-])cc1)C1CCCCC1. The summed E-state index contributed by atoms with van der Waals surface area (Å²) in [7, 11) is 0. The van der Waals surface area contributed by atoms with Gasteiger partial charge in [0.2, 0.25) is 5.78 Å². The van der Waals surface area contributed by atoms with E-state index in [9.17, 15) is 24.6 Å². The molecule has 0 bridgehead atoms. The summed E-state index contributed by atoms with van der Waals surface area (Å²) in [5, 5.41) is 18.2. The van der Waals surface area contributed by atoms with Crippen molar-refractivity contribution in [3.8, 4) is 11.1 Å². The standard InChI is InChI=1S/C25H27N3O6/c1-2-3-9-23(29)34-27-24(18-7-5-4-6-8-18)25(30)19-12-10-17(11-13-19)21-15-14-20(26-31)16-22(21)28(32)33/h10-16,18H,2-9H2,1H3/b27-24-. The number of unbranched alkanes of at least 4 members (excludes halogenated alkanes) is 1. The molecule has 1 aliphatic rings. The van der Waals surface area contributed by atoms with E-state index in [1.807, 2.05) is 6.92 Å². The van der Waals surface area contributed by atoms with E-state index in [-0.39, 0.29) is 35.2 Å². The molecule has 0 unspecified atom stereocenters. The van der Waals surface area contributed by atoms with E-state index in [1.165, 1.54) is 12.1 Å². The van der Waals surface area contributed by atoms with Crippen molar-refractivity contribution < 1.29 is 19.3 Å². The van der Waals surface area contributed by atoms with Crippen molar-refractivity contribution in [1.82, 2.24) is 0 Å². The smallest absolute Gasteiger partial charge is 0.318 e. The Morgan fingerprint density at radius 2 is 1.79 bits per heavy atom. The number of rotatable bonds is 10. The first-order valence-corrected chi connectivity index (χ1v) is 11.5. The van der Waals surface area contributed by atoms with Gasteiger partial charge in [-0.2, -0.15) is 0 Å². The molecule has 0 heterocycles. The fraction of sp³-hybridized carbons (Fsp3) is 0.400. The molecule has 0 radical (unpaired) electrons. The molecule has 9 heteroatoms. The van der Waals surface area contributed by atoms with E-state index >= 15 is 0 Å². The molecule has 3 rings (SSSR count). The third-order valence-corrected chi connectivity index (χ3v) is 5.95. The number of Topliss-reactive ketones (excluding diaryl/α,β-unsaturated/α-hetero) is 1. The molecule has 0 saturated heterocycles. The highest BCUT2D eigenvalue weighted by molar-refractivity contribution is 6.46. The number of nitrogens with zero attached hydrogens (tertiary/aromatic N) is 3. The highest BCUT2D eigenvalue weighted by atomic mass is 16.7. The minimum atomic E-state index is -0.580. The summed E-state index contributed by atoms with van der Waals surface area (Å²) in [6.45, 7) is 1.97. The van der Waals surface area contributed by atoms with Gasteiger partial charge in [0, 0.05) is 24.0 Å². The summed E-state index contributed by atoms with van der Waals surface area (Å²) in [5.74, 6) is -0.861. The van der Waals surface area contributed by atoms with Crippen LogP contribution in [0.5, 0.6) is 0 Å². The van der Waals surface area contributed by atoms with Crippen molar-refractivity contribution in [3.05, 3.63) is 63.0 Å². The second-order valence-corrected chi connectivity index (χ2v) is 8.33. The lowest BCUT2D eigenvalue weighted by atomic mass is 9.83. The average molecular weight is 466 g/mol. The van der Waals surface area contributed by atoms with Crippen LogP contribution in [0.4, 0.5) is 11.4 Å². The van der Waals surface area contributed by atoms with Crippen LogP contribution in [0.3, 0.4) is 0 Å². The number of oxime groups is 1. The number of hydrogen-bond acceptors (Lipinski definition) is 8. The Balaban J connectivity index is 1.87. The minimum Gasteiger partial charge on any atom is -0.318 e. The Bertz CT molecular complexity index is 1090. The summed E-state index contributed by atoms with van der Waals surface area (Å²) in [6, 6.07) is 10.3. The number of carbonyl (C=O) groups is 2. The molecule has 1 saturated carbocycles. The quantitative estimate of drug-likeness (QED) is 0.0982. The zero-order valence-electron chi connectivity index (χ0n) is 19.1. The first-order chi connectivity index (χ1) is 16.4. The van der Waals surface area contributed by atoms with Gasteiger partial charge in [0.15, 0.2) is 0 Å². The summed E-state index contributed by atoms with van der Waals surface area (Å²) < 4.78 is 0. The van der Waals surface area contributed by atoms with Crippen molar-refractivity contribution in [2.45, 2.75) is 58.3 Å². The number of nitro benzene ring substituents is 1. The van der Waals surface area contributed by atoms with Gasteiger partial charge in [-0.1, -0.05) is 62.0 Å². The van der Waals surface area contributed by atoms with E-state index in [1.54, 1.807) is 24.3 Å². The van der Waals surface area contributed by atoms with Crippen molar-refractivity contribution in [2.24, 2.45) is 16.3 Å². The van der Waals surface area contributed by atoms with Crippen molar-refractivity contribution >= 4 is 28.8 Å². The van der Waals surface area contributed by atoms with Crippen LogP contribution in [-0.2, 0) is 9.63 Å². The van der Waals surface area contributed by atoms with Crippen LogP contribution in [0, 0.1) is 20.9 Å². The first kappa shape index (κ1) is 24.9. The number of hydrogen-bond donors (Lipinski definition) is 0. The van der Waals surface area contributed by atoms with Crippen LogP contribution in [0.2, 0.25) is 0 Å². The fourth-order valence-electron chi connectivity index (χ4n) is 4.07. The Labute approximate surface area is 197 Å². The van der Waals surface area contributed by atoms with Crippen molar-refractivity contribution in [2.75, 3.05) is 0 Å². The lowest BCUT2D eigenvalue weighted by Crippen LogP contribution is -2.27. The second-order valence-electron chi connectivity index (χ2n) is 8.33. The van der Waals surface area contributed by atoms with Gasteiger partial charge in [-0.25, -0.2) is 4.79 Å². The summed E-state index contributed by atoms with van der Waals surface area (Å²) in [5.41, 5.74) is 1.13. The van der Waals surface area contributed by atoms with Crippen LogP contribution >= 0.6 is 0 Å². The molecule has 0 aromatic heterocycles. The van der Waals surface area contributed by atoms with Crippen LogP contribution in [-0.4, -0.2) is 22.4 Å². The number of benzene rings is 2. The predicted octanol–water partition coefficient (Wildman–Crippen LogP) is 6.51. The molecule has 9 nitrogen and oxygen atoms in total. The topological polar surface area (TPSA) is 128 Å². The van der Waals surface area contributed by atoms with Crippen molar-refractivity contribution in [1.29, 1.82) is 0 Å². The summed E-state index contributed by atoms with van der Waals surface area (Å²) >= 11 is 0. The van der Waals surface area contributed by atoms with Crippen molar-refractivity contribution in [3.63, 3.8) is 0 Å². The lowest BCUT2D eigenvalue weighted by molar-refractivity contribution is -0.384. The molecule has 1 fully saturated rings. The third kappa shape index (κ3) is 6.18. The van der Waals surface area contributed by atoms with E-state index in [4.69, 9.17) is 4.84 Å². The lowest BCUT2D eigenvalue weighted by Gasteiger charge is -2.22. The molecule has 178 valence electrons. The fourth-order valence-corrected chi connectivity index (χ4v) is 4.07. The van der Waals surface area contributed by atoms with E-state index in [2.05, 4.69) is 10.3 Å². The maximum atomic E-state index is 13.3. The highest BCUT2D eigenvalue weighted by Gasteiger charge is 2.27. The molecule has 2 aromatic carbocycles. The maximum absolute atomic E-state index is 13.3. The van der Waals surface area contributed by atoms with Gasteiger partial charge < -0.3 is 4.84 Å². The normalized spacial score (nSPS) is 14.4. The predicted molar refractivity (Wildman–Crippen MR) is 128 cm³/mol. The molecule has 0 atom stereocenters. The number of nitro groups is 1. The molecule has 0 N–H and O–H groups in total. The monoisotopic (exact) mass is 465 g/mol. The number of carbonyl (C=O) groups excluding carboxylic acids is 2. The molecule has 0 amide bonds. The molecule has 1 aliphatic carbocycles. The summed E-state index contributed by atoms with van der Waals surface area (Å²) in [6.07, 6.45) is 6.46.